The average Bonchev–Trinajstić information content (AvgIpc) is 3.11. The van der Waals surface area contributed by atoms with Crippen LogP contribution in [-0.4, -0.2) is 33.1 Å². The third kappa shape index (κ3) is 1.92. The van der Waals surface area contributed by atoms with Crippen molar-refractivity contribution in [3.63, 3.8) is 0 Å². The number of rotatable bonds is 2. The first-order valence-electron chi connectivity index (χ1n) is 6.19. The van der Waals surface area contributed by atoms with Gasteiger partial charge in [-0.2, -0.15) is 0 Å². The Bertz CT molecular complexity index is 577. The van der Waals surface area contributed by atoms with Gasteiger partial charge in [-0.05, 0) is 28.8 Å². The van der Waals surface area contributed by atoms with Crippen molar-refractivity contribution in [2.75, 3.05) is 6.54 Å². The highest BCUT2D eigenvalue weighted by Crippen LogP contribution is 2.46. The molecule has 2 amide bonds. The Morgan fingerprint density at radius 3 is 2.53 bits per heavy atom. The maximum atomic E-state index is 11.6. The summed E-state index contributed by atoms with van der Waals surface area (Å²) in [5.41, 5.74) is 7.71. The molecule has 3 N–H and O–H groups in total. The summed E-state index contributed by atoms with van der Waals surface area (Å²) in [4.78, 5) is 24.0. The summed E-state index contributed by atoms with van der Waals surface area (Å²) in [5, 5.41) is 9.08. The van der Waals surface area contributed by atoms with Crippen molar-refractivity contribution in [3.8, 4) is 0 Å². The molecule has 2 aliphatic rings. The second kappa shape index (κ2) is 4.26. The zero-order chi connectivity index (χ0) is 13.7. The van der Waals surface area contributed by atoms with E-state index in [1.54, 1.807) is 0 Å². The highest BCUT2D eigenvalue weighted by Gasteiger charge is 2.36. The van der Waals surface area contributed by atoms with Crippen molar-refractivity contribution < 1.29 is 14.7 Å². The quantitative estimate of drug-likeness (QED) is 0.866. The molecule has 0 aromatic carbocycles. The minimum atomic E-state index is -0.966. The SMILES string of the molecule is NC(=O)c1c(Br)c(C2CC2)n2c1CN(C(=O)O)CC2. The van der Waals surface area contributed by atoms with Crippen molar-refractivity contribution in [2.24, 2.45) is 5.73 Å². The lowest BCUT2D eigenvalue weighted by Crippen LogP contribution is -2.38. The molecule has 1 aromatic rings. The molecule has 2 heterocycles. The number of nitrogens with zero attached hydrogens (tertiary/aromatic N) is 2. The Kier molecular flexibility index (Phi) is 2.81. The van der Waals surface area contributed by atoms with Crippen LogP contribution < -0.4 is 5.73 Å². The van der Waals surface area contributed by atoms with Crippen molar-refractivity contribution in [1.29, 1.82) is 0 Å². The Morgan fingerprint density at radius 1 is 1.32 bits per heavy atom. The van der Waals surface area contributed by atoms with Gasteiger partial charge in [0, 0.05) is 24.7 Å². The van der Waals surface area contributed by atoms with Gasteiger partial charge in [-0.3, -0.25) is 4.79 Å². The number of hydrogen-bond donors (Lipinski definition) is 2. The molecule has 0 atom stereocenters. The predicted octanol–water partition coefficient (Wildman–Crippen LogP) is 1.72. The topological polar surface area (TPSA) is 88.6 Å². The van der Waals surface area contributed by atoms with Gasteiger partial charge in [0.05, 0.1) is 22.3 Å². The van der Waals surface area contributed by atoms with E-state index < -0.39 is 12.0 Å². The van der Waals surface area contributed by atoms with Gasteiger partial charge in [-0.25, -0.2) is 4.79 Å². The first-order valence-corrected chi connectivity index (χ1v) is 6.98. The van der Waals surface area contributed by atoms with Crippen molar-refractivity contribution in [3.05, 3.63) is 21.4 Å². The number of carboxylic acid groups (broad SMARTS) is 1. The van der Waals surface area contributed by atoms with Gasteiger partial charge >= 0.3 is 6.09 Å². The van der Waals surface area contributed by atoms with Gasteiger partial charge in [0.25, 0.3) is 5.91 Å². The van der Waals surface area contributed by atoms with E-state index in [4.69, 9.17) is 10.8 Å². The van der Waals surface area contributed by atoms with Gasteiger partial charge < -0.3 is 20.3 Å². The summed E-state index contributed by atoms with van der Waals surface area (Å²) in [6.45, 7) is 1.25. The van der Waals surface area contributed by atoms with Crippen LogP contribution >= 0.6 is 15.9 Å². The van der Waals surface area contributed by atoms with E-state index in [1.807, 2.05) is 0 Å². The molecule has 1 aliphatic heterocycles. The fraction of sp³-hybridized carbons (Fsp3) is 0.500. The lowest BCUT2D eigenvalue weighted by Gasteiger charge is -2.27. The van der Waals surface area contributed by atoms with Gasteiger partial charge in [-0.15, -0.1) is 0 Å². The molecular weight excluding hydrogens is 314 g/mol. The van der Waals surface area contributed by atoms with Crippen LogP contribution in [0.2, 0.25) is 0 Å². The van der Waals surface area contributed by atoms with Crippen LogP contribution in [0, 0.1) is 0 Å². The molecule has 1 fully saturated rings. The number of primary amides is 1. The maximum Gasteiger partial charge on any atom is 0.407 e. The molecule has 1 aliphatic carbocycles. The van der Waals surface area contributed by atoms with Crippen molar-refractivity contribution >= 4 is 27.9 Å². The lowest BCUT2D eigenvalue weighted by atomic mass is 10.2. The second-order valence-electron chi connectivity index (χ2n) is 5.02. The summed E-state index contributed by atoms with van der Waals surface area (Å²) in [6.07, 6.45) is 1.26. The van der Waals surface area contributed by atoms with Crippen LogP contribution in [0.3, 0.4) is 0 Å². The summed E-state index contributed by atoms with van der Waals surface area (Å²) >= 11 is 3.47. The third-order valence-electron chi connectivity index (χ3n) is 3.76. The smallest absolute Gasteiger partial charge is 0.407 e. The summed E-state index contributed by atoms with van der Waals surface area (Å²) in [5.74, 6) is -0.0348. The Balaban J connectivity index is 2.11. The minimum absolute atomic E-state index is 0.221. The van der Waals surface area contributed by atoms with E-state index in [1.165, 1.54) is 4.90 Å². The largest absolute Gasteiger partial charge is 0.465 e. The third-order valence-corrected chi connectivity index (χ3v) is 4.57. The van der Waals surface area contributed by atoms with Crippen molar-refractivity contribution in [1.82, 2.24) is 9.47 Å². The number of hydrogen-bond acceptors (Lipinski definition) is 2. The van der Waals surface area contributed by atoms with Gasteiger partial charge in [0.1, 0.15) is 0 Å². The molecule has 0 radical (unpaired) electrons. The van der Waals surface area contributed by atoms with Crippen LogP contribution in [0.4, 0.5) is 4.79 Å². The number of nitrogens with two attached hydrogens (primary N) is 1. The molecule has 0 unspecified atom stereocenters. The fourth-order valence-electron chi connectivity index (χ4n) is 2.72. The first-order chi connectivity index (χ1) is 9.00. The minimum Gasteiger partial charge on any atom is -0.465 e. The highest BCUT2D eigenvalue weighted by atomic mass is 79.9. The van der Waals surface area contributed by atoms with Crippen LogP contribution in [0.1, 0.15) is 40.5 Å². The number of carbonyl (C=O) groups is 2. The molecular formula is C12H14BrN3O3. The zero-order valence-electron chi connectivity index (χ0n) is 10.2. The van der Waals surface area contributed by atoms with Gasteiger partial charge in [0.15, 0.2) is 0 Å². The highest BCUT2D eigenvalue weighted by molar-refractivity contribution is 9.10. The summed E-state index contributed by atoms with van der Waals surface area (Å²) < 4.78 is 2.83. The normalized spacial score (nSPS) is 18.3. The molecule has 0 spiro atoms. The number of aromatic nitrogens is 1. The molecule has 7 heteroatoms. The molecule has 0 bridgehead atoms. The standard InChI is InChI=1S/C12H14BrN3O3/c13-9-8(11(14)17)7-5-15(12(18)19)3-4-16(7)10(9)6-1-2-6/h6H,1-5H2,(H2,14,17)(H,18,19). The van der Waals surface area contributed by atoms with Gasteiger partial charge in [-0.1, -0.05) is 0 Å². The Hall–Kier alpha value is -1.50. The fourth-order valence-corrected chi connectivity index (χ4v) is 3.69. The first kappa shape index (κ1) is 12.5. The van der Waals surface area contributed by atoms with Gasteiger partial charge in [0.2, 0.25) is 0 Å². The van der Waals surface area contributed by atoms with E-state index in [2.05, 4.69) is 20.5 Å². The van der Waals surface area contributed by atoms with E-state index >= 15 is 0 Å². The number of halogens is 1. The maximum absolute atomic E-state index is 11.6. The molecule has 6 nitrogen and oxygen atoms in total. The lowest BCUT2D eigenvalue weighted by molar-refractivity contribution is 0.0992. The van der Waals surface area contributed by atoms with E-state index in [-0.39, 0.29) is 6.54 Å². The van der Waals surface area contributed by atoms with Crippen LogP contribution in [0.5, 0.6) is 0 Å². The summed E-state index contributed by atoms with van der Waals surface area (Å²) in [7, 11) is 0. The monoisotopic (exact) mass is 327 g/mol. The van der Waals surface area contributed by atoms with Crippen LogP contribution in [0.15, 0.2) is 4.47 Å². The van der Waals surface area contributed by atoms with E-state index in [9.17, 15) is 9.59 Å². The number of fused-ring (bicyclic) bond motifs is 1. The predicted molar refractivity (Wildman–Crippen MR) is 71.1 cm³/mol. The molecule has 1 saturated carbocycles. The summed E-state index contributed by atoms with van der Waals surface area (Å²) in [6, 6.07) is 0. The number of carbonyl (C=O) groups excluding carboxylic acids is 1. The molecule has 102 valence electrons. The molecule has 0 saturated heterocycles. The van der Waals surface area contributed by atoms with Crippen LogP contribution in [-0.2, 0) is 13.1 Å². The van der Waals surface area contributed by atoms with Crippen LogP contribution in [0.25, 0.3) is 0 Å². The number of amides is 2. The Morgan fingerprint density at radius 2 is 2.00 bits per heavy atom. The second-order valence-corrected chi connectivity index (χ2v) is 5.81. The molecule has 1 aromatic heterocycles. The van der Waals surface area contributed by atoms with E-state index in [0.717, 1.165) is 28.7 Å². The van der Waals surface area contributed by atoms with Crippen molar-refractivity contribution in [2.45, 2.75) is 31.8 Å². The zero-order valence-corrected chi connectivity index (χ0v) is 11.8. The Labute approximate surface area is 118 Å². The molecule has 3 rings (SSSR count). The average molecular weight is 328 g/mol. The van der Waals surface area contributed by atoms with E-state index in [0.29, 0.717) is 24.6 Å². The molecule has 19 heavy (non-hydrogen) atoms.